The van der Waals surface area contributed by atoms with Crippen LogP contribution in [0.5, 0.6) is 0 Å². The average Bonchev–Trinajstić information content (AvgIpc) is 2.60. The Morgan fingerprint density at radius 3 is 2.42 bits per heavy atom. The normalized spacial score (nSPS) is 17.7. The molecule has 1 atom stereocenters. The summed E-state index contributed by atoms with van der Waals surface area (Å²) in [5.74, 6) is 0.514. The van der Waals surface area contributed by atoms with E-state index in [1.807, 2.05) is 31.2 Å². The molecule has 0 aliphatic heterocycles. The SMILES string of the molecule is CCCc1ccc(-c2ccc(C3=CCC(C)CC3)cc2)c(Cl)c1F. The maximum absolute atomic E-state index is 14.4. The minimum absolute atomic E-state index is 0.236. The predicted octanol–water partition coefficient (Wildman–Crippen LogP) is 7.30. The monoisotopic (exact) mass is 342 g/mol. The summed E-state index contributed by atoms with van der Waals surface area (Å²) in [5.41, 5.74) is 5.13. The van der Waals surface area contributed by atoms with Crippen molar-refractivity contribution in [3.63, 3.8) is 0 Å². The summed E-state index contributed by atoms with van der Waals surface area (Å²) in [5, 5.41) is 0.236. The lowest BCUT2D eigenvalue weighted by atomic mass is 9.87. The van der Waals surface area contributed by atoms with Gasteiger partial charge in [-0.05, 0) is 53.9 Å². The maximum atomic E-state index is 14.4. The van der Waals surface area contributed by atoms with Crippen molar-refractivity contribution < 1.29 is 4.39 Å². The molecule has 0 N–H and O–H groups in total. The highest BCUT2D eigenvalue weighted by Gasteiger charge is 2.14. The number of aryl methyl sites for hydroxylation is 1. The van der Waals surface area contributed by atoms with Crippen molar-refractivity contribution in [2.75, 3.05) is 0 Å². The third-order valence-corrected chi connectivity index (χ3v) is 5.29. The molecule has 0 spiro atoms. The van der Waals surface area contributed by atoms with Gasteiger partial charge in [-0.15, -0.1) is 0 Å². The number of halogens is 2. The first kappa shape index (κ1) is 17.2. The summed E-state index contributed by atoms with van der Waals surface area (Å²) >= 11 is 6.29. The zero-order valence-corrected chi connectivity index (χ0v) is 15.2. The van der Waals surface area contributed by atoms with Gasteiger partial charge in [0.05, 0.1) is 5.02 Å². The van der Waals surface area contributed by atoms with E-state index in [-0.39, 0.29) is 10.8 Å². The molecule has 0 aromatic heterocycles. The smallest absolute Gasteiger partial charge is 0.145 e. The fourth-order valence-corrected chi connectivity index (χ4v) is 3.66. The zero-order chi connectivity index (χ0) is 17.1. The molecule has 1 aliphatic carbocycles. The molecule has 1 aliphatic rings. The number of allylic oxidation sites excluding steroid dienone is 2. The Kier molecular flexibility index (Phi) is 5.40. The van der Waals surface area contributed by atoms with Gasteiger partial charge in [-0.1, -0.05) is 74.3 Å². The molecule has 0 amide bonds. The van der Waals surface area contributed by atoms with Crippen LogP contribution in [0.1, 0.15) is 50.7 Å². The van der Waals surface area contributed by atoms with Gasteiger partial charge >= 0.3 is 0 Å². The molecule has 3 rings (SSSR count). The molecule has 2 aromatic rings. The van der Waals surface area contributed by atoms with Crippen molar-refractivity contribution in [1.29, 1.82) is 0 Å². The van der Waals surface area contributed by atoms with Crippen molar-refractivity contribution in [1.82, 2.24) is 0 Å². The van der Waals surface area contributed by atoms with Gasteiger partial charge in [0.1, 0.15) is 5.82 Å². The molecule has 0 saturated carbocycles. The largest absolute Gasteiger partial charge is 0.205 e. The molecule has 0 nitrogen and oxygen atoms in total. The number of rotatable bonds is 4. The van der Waals surface area contributed by atoms with Gasteiger partial charge in [0.2, 0.25) is 0 Å². The molecule has 126 valence electrons. The third-order valence-electron chi connectivity index (χ3n) is 4.92. The summed E-state index contributed by atoms with van der Waals surface area (Å²) in [6.45, 7) is 4.34. The molecule has 2 heteroatoms. The Morgan fingerprint density at radius 2 is 1.79 bits per heavy atom. The topological polar surface area (TPSA) is 0 Å². The fourth-order valence-electron chi connectivity index (χ4n) is 3.37. The van der Waals surface area contributed by atoms with Crippen molar-refractivity contribution in [2.24, 2.45) is 5.92 Å². The number of hydrogen-bond acceptors (Lipinski definition) is 0. The molecule has 2 aromatic carbocycles. The van der Waals surface area contributed by atoms with E-state index >= 15 is 0 Å². The van der Waals surface area contributed by atoms with E-state index in [1.165, 1.54) is 17.6 Å². The van der Waals surface area contributed by atoms with E-state index in [0.717, 1.165) is 42.7 Å². The first-order chi connectivity index (χ1) is 11.6. The number of hydrogen-bond donors (Lipinski definition) is 0. The second kappa shape index (κ2) is 7.53. The Labute approximate surface area is 149 Å². The molecule has 1 unspecified atom stereocenters. The van der Waals surface area contributed by atoms with Crippen LogP contribution in [0.15, 0.2) is 42.5 Å². The highest BCUT2D eigenvalue weighted by molar-refractivity contribution is 6.33. The highest BCUT2D eigenvalue weighted by atomic mass is 35.5. The van der Waals surface area contributed by atoms with Crippen molar-refractivity contribution in [2.45, 2.75) is 46.0 Å². The van der Waals surface area contributed by atoms with E-state index < -0.39 is 0 Å². The molecule has 24 heavy (non-hydrogen) atoms. The van der Waals surface area contributed by atoms with Crippen molar-refractivity contribution in [3.05, 3.63) is 64.4 Å². The van der Waals surface area contributed by atoms with Crippen LogP contribution < -0.4 is 0 Å². The first-order valence-electron chi connectivity index (χ1n) is 8.86. The molecular weight excluding hydrogens is 319 g/mol. The molecular formula is C22H24ClF. The summed E-state index contributed by atoms with van der Waals surface area (Å²) in [6.07, 6.45) is 7.54. The quantitative estimate of drug-likeness (QED) is 0.546. The van der Waals surface area contributed by atoms with Gasteiger partial charge in [0, 0.05) is 5.56 Å². The van der Waals surface area contributed by atoms with Gasteiger partial charge in [0.25, 0.3) is 0 Å². The number of benzene rings is 2. The van der Waals surface area contributed by atoms with Crippen LogP contribution in [0.4, 0.5) is 4.39 Å². The summed E-state index contributed by atoms with van der Waals surface area (Å²) in [6, 6.07) is 12.2. The second-order valence-corrected chi connectivity index (χ2v) is 7.21. The summed E-state index contributed by atoms with van der Waals surface area (Å²) in [7, 11) is 0. The average molecular weight is 343 g/mol. The summed E-state index contributed by atoms with van der Waals surface area (Å²) in [4.78, 5) is 0. The van der Waals surface area contributed by atoms with Crippen molar-refractivity contribution >= 4 is 17.2 Å². The molecule has 0 bridgehead atoms. The van der Waals surface area contributed by atoms with Crippen LogP contribution in [0.25, 0.3) is 16.7 Å². The molecule has 0 radical (unpaired) electrons. The van der Waals surface area contributed by atoms with E-state index in [0.29, 0.717) is 5.56 Å². The van der Waals surface area contributed by atoms with Gasteiger partial charge in [-0.2, -0.15) is 0 Å². The van der Waals surface area contributed by atoms with Crippen LogP contribution in [-0.2, 0) is 6.42 Å². The molecule has 0 heterocycles. The predicted molar refractivity (Wildman–Crippen MR) is 102 cm³/mol. The minimum atomic E-state index is -0.274. The zero-order valence-electron chi connectivity index (χ0n) is 14.4. The second-order valence-electron chi connectivity index (χ2n) is 6.84. The van der Waals surface area contributed by atoms with E-state index in [9.17, 15) is 4.39 Å². The summed E-state index contributed by atoms with van der Waals surface area (Å²) < 4.78 is 14.4. The van der Waals surface area contributed by atoms with Gasteiger partial charge in [-0.3, -0.25) is 0 Å². The van der Waals surface area contributed by atoms with Gasteiger partial charge < -0.3 is 0 Å². The van der Waals surface area contributed by atoms with Crippen LogP contribution in [-0.4, -0.2) is 0 Å². The fraction of sp³-hybridized carbons (Fsp3) is 0.364. The first-order valence-corrected chi connectivity index (χ1v) is 9.24. The van der Waals surface area contributed by atoms with Crippen molar-refractivity contribution in [3.8, 4) is 11.1 Å². The Bertz CT molecular complexity index is 743. The maximum Gasteiger partial charge on any atom is 0.145 e. The Hall–Kier alpha value is -1.60. The lowest BCUT2D eigenvalue weighted by Gasteiger charge is -2.18. The van der Waals surface area contributed by atoms with E-state index in [4.69, 9.17) is 11.6 Å². The van der Waals surface area contributed by atoms with Crippen LogP contribution in [0.3, 0.4) is 0 Å². The lowest BCUT2D eigenvalue weighted by molar-refractivity contribution is 0.534. The standard InChI is InChI=1S/C22H24ClF/c1-3-4-19-13-14-20(21(23)22(19)24)18-11-9-17(10-12-18)16-7-5-15(2)6-8-16/h7,9-15H,3-6,8H2,1-2H3. The molecule has 0 fully saturated rings. The van der Waals surface area contributed by atoms with Crippen LogP contribution in [0, 0.1) is 11.7 Å². The van der Waals surface area contributed by atoms with Gasteiger partial charge in [-0.25, -0.2) is 4.39 Å². The minimum Gasteiger partial charge on any atom is -0.205 e. The third kappa shape index (κ3) is 3.57. The van der Waals surface area contributed by atoms with Gasteiger partial charge in [0.15, 0.2) is 0 Å². The van der Waals surface area contributed by atoms with Crippen LogP contribution in [0.2, 0.25) is 5.02 Å². The highest BCUT2D eigenvalue weighted by Crippen LogP contribution is 2.34. The van der Waals surface area contributed by atoms with Crippen LogP contribution >= 0.6 is 11.6 Å². The Morgan fingerprint density at radius 1 is 1.08 bits per heavy atom. The lowest BCUT2D eigenvalue weighted by Crippen LogP contribution is -2.00. The van der Waals surface area contributed by atoms with E-state index in [2.05, 4.69) is 25.1 Å². The Balaban J connectivity index is 1.87. The van der Waals surface area contributed by atoms with E-state index in [1.54, 1.807) is 0 Å². The molecule has 0 saturated heterocycles.